The fraction of sp³-hybridized carbons (Fsp3) is 0.952. The Bertz CT molecular complexity index is 273. The number of hydroxylamine groups is 1. The van der Waals surface area contributed by atoms with Crippen molar-refractivity contribution in [3.63, 3.8) is 0 Å². The van der Waals surface area contributed by atoms with Crippen LogP contribution >= 0.6 is 0 Å². The van der Waals surface area contributed by atoms with Gasteiger partial charge in [0.25, 0.3) is 0 Å². The number of nitrogens with one attached hydrogen (secondary N) is 2. The van der Waals surface area contributed by atoms with Gasteiger partial charge in [0.2, 0.25) is 5.91 Å². The molecule has 4 heteroatoms. The summed E-state index contributed by atoms with van der Waals surface area (Å²) in [4.78, 5) is 11.5. The first-order valence-electron chi connectivity index (χ1n) is 10.9. The average Bonchev–Trinajstić information content (AvgIpc) is 2.62. The molecule has 0 aliphatic carbocycles. The molecule has 0 bridgehead atoms. The van der Waals surface area contributed by atoms with E-state index >= 15 is 0 Å². The van der Waals surface area contributed by atoms with Gasteiger partial charge in [0.05, 0.1) is 0 Å². The number of rotatable bonds is 20. The quantitative estimate of drug-likeness (QED) is 0.213. The predicted molar refractivity (Wildman–Crippen MR) is 109 cm³/mol. The van der Waals surface area contributed by atoms with E-state index in [4.69, 9.17) is 0 Å². The van der Waals surface area contributed by atoms with Crippen molar-refractivity contribution in [2.45, 2.75) is 116 Å². The summed E-state index contributed by atoms with van der Waals surface area (Å²) in [5.41, 5.74) is 1.84. The normalized spacial score (nSPS) is 11.0. The molecule has 0 aliphatic heterocycles. The lowest BCUT2D eigenvalue weighted by atomic mass is 10.0. The number of carbonyl (C=O) groups is 1. The van der Waals surface area contributed by atoms with Gasteiger partial charge in [0.15, 0.2) is 0 Å². The van der Waals surface area contributed by atoms with Crippen LogP contribution < -0.4 is 10.8 Å². The van der Waals surface area contributed by atoms with Crippen molar-refractivity contribution >= 4 is 5.91 Å². The summed E-state index contributed by atoms with van der Waals surface area (Å²) < 4.78 is 0. The van der Waals surface area contributed by atoms with E-state index in [1.54, 1.807) is 0 Å². The Kier molecular flexibility index (Phi) is 20.9. The molecule has 0 aromatic carbocycles. The summed E-state index contributed by atoms with van der Waals surface area (Å²) >= 11 is 0. The third-order valence-corrected chi connectivity index (χ3v) is 4.79. The number of unbranched alkanes of at least 4 members (excludes halogenated alkanes) is 14. The molecule has 0 atom stereocenters. The van der Waals surface area contributed by atoms with E-state index in [1.807, 2.05) is 5.48 Å². The molecular weight excluding hydrogens is 312 g/mol. The first-order chi connectivity index (χ1) is 12.3. The molecule has 0 spiro atoms. The molecule has 0 radical (unpaired) electrons. The third-order valence-electron chi connectivity index (χ3n) is 4.79. The van der Waals surface area contributed by atoms with Crippen molar-refractivity contribution < 1.29 is 4.79 Å². The van der Waals surface area contributed by atoms with Gasteiger partial charge < -0.3 is 16.0 Å². The molecule has 0 rings (SSSR count). The summed E-state index contributed by atoms with van der Waals surface area (Å²) in [5, 5.41) is 12.9. The standard InChI is InChI=1S/C21H43N2O2/c1-2-3-4-5-6-7-8-9-10-11-12-13-14-15-16-18-21(24)22-19-17-20-23-25/h23H,2-20H2,1H3,(H,22,24)/q-1. The second kappa shape index (κ2) is 21.4. The minimum atomic E-state index is 0.126. The first kappa shape index (κ1) is 24.4. The topological polar surface area (TPSA) is 64.2 Å². The Morgan fingerprint density at radius 2 is 1.08 bits per heavy atom. The lowest BCUT2D eigenvalue weighted by Gasteiger charge is -2.08. The van der Waals surface area contributed by atoms with Gasteiger partial charge in [-0.25, -0.2) is 0 Å². The molecule has 0 heterocycles. The maximum atomic E-state index is 11.5. The zero-order chi connectivity index (χ0) is 18.4. The van der Waals surface area contributed by atoms with Gasteiger partial charge in [-0.05, 0) is 19.4 Å². The van der Waals surface area contributed by atoms with E-state index < -0.39 is 0 Å². The Hall–Kier alpha value is -0.610. The van der Waals surface area contributed by atoms with Crippen molar-refractivity contribution in [1.82, 2.24) is 10.8 Å². The number of carbonyl (C=O) groups excluding carboxylic acids is 1. The average molecular weight is 356 g/mol. The summed E-state index contributed by atoms with van der Waals surface area (Å²) in [6.07, 6.45) is 21.5. The van der Waals surface area contributed by atoms with E-state index in [-0.39, 0.29) is 5.91 Å². The number of hydrogen-bond donors (Lipinski definition) is 2. The van der Waals surface area contributed by atoms with E-state index in [0.717, 1.165) is 12.8 Å². The monoisotopic (exact) mass is 355 g/mol. The van der Waals surface area contributed by atoms with E-state index in [1.165, 1.54) is 83.5 Å². The van der Waals surface area contributed by atoms with Crippen LogP contribution in [-0.4, -0.2) is 19.0 Å². The van der Waals surface area contributed by atoms with Crippen LogP contribution in [-0.2, 0) is 4.79 Å². The van der Waals surface area contributed by atoms with Gasteiger partial charge in [-0.15, -0.1) is 0 Å². The predicted octanol–water partition coefficient (Wildman–Crippen LogP) is 5.84. The van der Waals surface area contributed by atoms with E-state index in [9.17, 15) is 10.0 Å². The molecule has 0 saturated heterocycles. The van der Waals surface area contributed by atoms with Crippen LogP contribution in [0.3, 0.4) is 0 Å². The van der Waals surface area contributed by atoms with Gasteiger partial charge in [-0.2, -0.15) is 0 Å². The molecule has 0 aromatic heterocycles. The maximum absolute atomic E-state index is 11.5. The molecule has 25 heavy (non-hydrogen) atoms. The molecule has 0 aliphatic rings. The maximum Gasteiger partial charge on any atom is 0.219 e. The van der Waals surface area contributed by atoms with Crippen LogP contribution in [0.15, 0.2) is 0 Å². The number of amides is 1. The Morgan fingerprint density at radius 3 is 1.52 bits per heavy atom. The highest BCUT2D eigenvalue weighted by Crippen LogP contribution is 2.13. The molecule has 0 saturated carbocycles. The molecule has 150 valence electrons. The van der Waals surface area contributed by atoms with Gasteiger partial charge in [0.1, 0.15) is 0 Å². The largest absolute Gasteiger partial charge is 0.788 e. The van der Waals surface area contributed by atoms with Crippen molar-refractivity contribution in [2.24, 2.45) is 0 Å². The Balaban J connectivity index is 3.08. The smallest absolute Gasteiger partial charge is 0.219 e. The SMILES string of the molecule is CCCCCCCCCCCCCCCCCC(=O)NCCCN[O-]. The Morgan fingerprint density at radius 1 is 0.640 bits per heavy atom. The van der Waals surface area contributed by atoms with Crippen LogP contribution in [0.1, 0.15) is 116 Å². The summed E-state index contributed by atoms with van der Waals surface area (Å²) in [7, 11) is 0. The third kappa shape index (κ3) is 21.3. The van der Waals surface area contributed by atoms with Crippen molar-refractivity contribution in [2.75, 3.05) is 13.1 Å². The first-order valence-corrected chi connectivity index (χ1v) is 10.9. The minimum absolute atomic E-state index is 0.126. The van der Waals surface area contributed by atoms with Crippen LogP contribution in [0, 0.1) is 5.21 Å². The molecule has 4 nitrogen and oxygen atoms in total. The zero-order valence-electron chi connectivity index (χ0n) is 16.8. The molecular formula is C21H43N2O2-. The second-order valence-corrected chi connectivity index (χ2v) is 7.30. The van der Waals surface area contributed by atoms with Crippen LogP contribution in [0.4, 0.5) is 0 Å². The molecule has 2 N–H and O–H groups in total. The summed E-state index contributed by atoms with van der Waals surface area (Å²) in [5.74, 6) is 0.126. The van der Waals surface area contributed by atoms with Gasteiger partial charge in [-0.1, -0.05) is 96.8 Å². The van der Waals surface area contributed by atoms with Gasteiger partial charge in [-0.3, -0.25) is 4.79 Å². The highest BCUT2D eigenvalue weighted by Gasteiger charge is 2.00. The van der Waals surface area contributed by atoms with Crippen LogP contribution in [0.2, 0.25) is 0 Å². The highest BCUT2D eigenvalue weighted by molar-refractivity contribution is 5.75. The number of hydrogen-bond acceptors (Lipinski definition) is 3. The van der Waals surface area contributed by atoms with Gasteiger partial charge >= 0.3 is 0 Å². The fourth-order valence-corrected chi connectivity index (χ4v) is 3.13. The van der Waals surface area contributed by atoms with Crippen LogP contribution in [0.5, 0.6) is 0 Å². The fourth-order valence-electron chi connectivity index (χ4n) is 3.13. The molecule has 0 unspecified atom stereocenters. The molecule has 0 aromatic rings. The summed E-state index contributed by atoms with van der Waals surface area (Å²) in [6, 6.07) is 0. The van der Waals surface area contributed by atoms with Crippen LogP contribution in [0.25, 0.3) is 0 Å². The lowest BCUT2D eigenvalue weighted by molar-refractivity contribution is -0.121. The van der Waals surface area contributed by atoms with E-state index in [0.29, 0.717) is 25.9 Å². The Labute approximate surface area is 156 Å². The van der Waals surface area contributed by atoms with Crippen molar-refractivity contribution in [1.29, 1.82) is 0 Å². The minimum Gasteiger partial charge on any atom is -0.788 e. The highest BCUT2D eigenvalue weighted by atomic mass is 16.5. The second-order valence-electron chi connectivity index (χ2n) is 7.30. The van der Waals surface area contributed by atoms with Gasteiger partial charge in [0, 0.05) is 13.0 Å². The van der Waals surface area contributed by atoms with E-state index in [2.05, 4.69) is 12.2 Å². The molecule has 0 fully saturated rings. The zero-order valence-corrected chi connectivity index (χ0v) is 16.8. The lowest BCUT2D eigenvalue weighted by Crippen LogP contribution is -2.25. The molecule has 1 amide bonds. The summed E-state index contributed by atoms with van der Waals surface area (Å²) in [6.45, 7) is 3.29. The van der Waals surface area contributed by atoms with Crippen molar-refractivity contribution in [3.8, 4) is 0 Å². The van der Waals surface area contributed by atoms with Crippen molar-refractivity contribution in [3.05, 3.63) is 5.21 Å².